The van der Waals surface area contributed by atoms with Crippen molar-refractivity contribution in [3.05, 3.63) is 25.3 Å². The molecular weight excluding hydrogens is 120 g/mol. The minimum absolute atomic E-state index is 0.258. The molecule has 0 aliphatic rings. The van der Waals surface area contributed by atoms with E-state index in [1.165, 1.54) is 0 Å². The zero-order valence-electron chi connectivity index (χ0n) is 7.35. The van der Waals surface area contributed by atoms with Crippen molar-refractivity contribution in [3.63, 3.8) is 0 Å². The molecule has 1 unspecified atom stereocenters. The van der Waals surface area contributed by atoms with Gasteiger partial charge in [-0.15, -0.1) is 13.2 Å². The van der Waals surface area contributed by atoms with E-state index in [0.717, 1.165) is 6.42 Å². The van der Waals surface area contributed by atoms with Gasteiger partial charge in [-0.2, -0.15) is 0 Å². The first-order chi connectivity index (χ1) is 4.52. The van der Waals surface area contributed by atoms with Gasteiger partial charge in [0.2, 0.25) is 0 Å². The molecule has 0 saturated heterocycles. The summed E-state index contributed by atoms with van der Waals surface area (Å²) >= 11 is 0. The topological polar surface area (TPSA) is 0 Å². The minimum Gasteiger partial charge on any atom is -0.103 e. The summed E-state index contributed by atoms with van der Waals surface area (Å²) in [5.74, 6) is 0.591. The largest absolute Gasteiger partial charge is 0.103 e. The normalized spacial score (nSPS) is 14.3. The highest BCUT2D eigenvalue weighted by Crippen LogP contribution is 2.26. The van der Waals surface area contributed by atoms with E-state index in [-0.39, 0.29) is 5.41 Å². The molecule has 0 saturated carbocycles. The van der Waals surface area contributed by atoms with Gasteiger partial charge in [0.25, 0.3) is 0 Å². The van der Waals surface area contributed by atoms with Crippen molar-refractivity contribution in [1.29, 1.82) is 0 Å². The van der Waals surface area contributed by atoms with Gasteiger partial charge < -0.3 is 0 Å². The molecule has 0 heteroatoms. The van der Waals surface area contributed by atoms with Crippen LogP contribution in [0.5, 0.6) is 0 Å². The highest BCUT2D eigenvalue weighted by molar-refractivity contribution is 4.91. The van der Waals surface area contributed by atoms with Crippen LogP contribution in [0.4, 0.5) is 0 Å². The van der Waals surface area contributed by atoms with Gasteiger partial charge >= 0.3 is 0 Å². The zero-order valence-corrected chi connectivity index (χ0v) is 7.35. The Morgan fingerprint density at radius 2 is 1.90 bits per heavy atom. The highest BCUT2D eigenvalue weighted by Gasteiger charge is 2.14. The van der Waals surface area contributed by atoms with E-state index < -0.39 is 0 Å². The molecule has 0 amide bonds. The summed E-state index contributed by atoms with van der Waals surface area (Å²) in [4.78, 5) is 0. The number of hydrogen-bond donors (Lipinski definition) is 0. The molecule has 0 bridgehead atoms. The SMILES string of the molecule is C=CC(C)CC(C)(C)C=C. The fourth-order valence-electron chi connectivity index (χ4n) is 0.997. The Kier molecular flexibility index (Phi) is 3.41. The van der Waals surface area contributed by atoms with Crippen LogP contribution in [0.2, 0.25) is 0 Å². The standard InChI is InChI=1S/C10H18/c1-6-9(3)8-10(4,5)7-2/h6-7,9H,1-2,8H2,3-5H3. The molecule has 0 N–H and O–H groups in total. The van der Waals surface area contributed by atoms with E-state index in [4.69, 9.17) is 0 Å². The quantitative estimate of drug-likeness (QED) is 0.522. The second-order valence-electron chi connectivity index (χ2n) is 3.61. The van der Waals surface area contributed by atoms with E-state index in [9.17, 15) is 0 Å². The molecule has 0 heterocycles. The van der Waals surface area contributed by atoms with Crippen molar-refractivity contribution in [2.75, 3.05) is 0 Å². The van der Waals surface area contributed by atoms with Gasteiger partial charge in [0.05, 0.1) is 0 Å². The van der Waals surface area contributed by atoms with Crippen LogP contribution in [0.3, 0.4) is 0 Å². The van der Waals surface area contributed by atoms with Crippen LogP contribution in [0.25, 0.3) is 0 Å². The van der Waals surface area contributed by atoms with Crippen LogP contribution in [-0.4, -0.2) is 0 Å². The molecular formula is C10H18. The first kappa shape index (κ1) is 9.48. The van der Waals surface area contributed by atoms with E-state index in [0.29, 0.717) is 5.92 Å². The van der Waals surface area contributed by atoms with Gasteiger partial charge in [-0.1, -0.05) is 32.9 Å². The van der Waals surface area contributed by atoms with Crippen LogP contribution >= 0.6 is 0 Å². The third-order valence-corrected chi connectivity index (χ3v) is 1.80. The first-order valence-corrected chi connectivity index (χ1v) is 3.78. The predicted molar refractivity (Wildman–Crippen MR) is 48.0 cm³/mol. The van der Waals surface area contributed by atoms with Gasteiger partial charge in [-0.05, 0) is 17.8 Å². The van der Waals surface area contributed by atoms with Gasteiger partial charge in [-0.25, -0.2) is 0 Å². The molecule has 0 aromatic carbocycles. The first-order valence-electron chi connectivity index (χ1n) is 3.78. The molecule has 0 radical (unpaired) electrons. The minimum atomic E-state index is 0.258. The third kappa shape index (κ3) is 3.49. The maximum Gasteiger partial charge on any atom is -0.0172 e. The van der Waals surface area contributed by atoms with Gasteiger partial charge in [0, 0.05) is 0 Å². The number of rotatable bonds is 4. The van der Waals surface area contributed by atoms with Crippen LogP contribution in [0, 0.1) is 11.3 Å². The maximum atomic E-state index is 3.79. The molecule has 0 nitrogen and oxygen atoms in total. The molecule has 0 aliphatic carbocycles. The fourth-order valence-corrected chi connectivity index (χ4v) is 0.997. The Morgan fingerprint density at radius 1 is 1.40 bits per heavy atom. The van der Waals surface area contributed by atoms with E-state index >= 15 is 0 Å². The lowest BCUT2D eigenvalue weighted by atomic mass is 9.84. The molecule has 1 atom stereocenters. The molecule has 0 spiro atoms. The summed E-state index contributed by atoms with van der Waals surface area (Å²) in [6.45, 7) is 14.1. The number of allylic oxidation sites excluding steroid dienone is 2. The van der Waals surface area contributed by atoms with Crippen molar-refractivity contribution in [1.82, 2.24) is 0 Å². The molecule has 58 valence electrons. The van der Waals surface area contributed by atoms with E-state index in [1.54, 1.807) is 0 Å². The van der Waals surface area contributed by atoms with Crippen molar-refractivity contribution in [2.24, 2.45) is 11.3 Å². The summed E-state index contributed by atoms with van der Waals surface area (Å²) < 4.78 is 0. The van der Waals surface area contributed by atoms with E-state index in [2.05, 4.69) is 33.9 Å². The predicted octanol–water partition coefficient (Wildman–Crippen LogP) is 3.41. The van der Waals surface area contributed by atoms with Crippen molar-refractivity contribution in [3.8, 4) is 0 Å². The lowest BCUT2D eigenvalue weighted by Crippen LogP contribution is -2.10. The molecule has 0 fully saturated rings. The van der Waals surface area contributed by atoms with Gasteiger partial charge in [-0.3, -0.25) is 0 Å². The zero-order chi connectivity index (χ0) is 8.20. The fraction of sp³-hybridized carbons (Fsp3) is 0.600. The average Bonchev–Trinajstić information content (AvgIpc) is 1.87. The smallest absolute Gasteiger partial charge is 0.0172 e. The molecule has 0 aromatic heterocycles. The highest BCUT2D eigenvalue weighted by atomic mass is 14.2. The molecule has 10 heavy (non-hydrogen) atoms. The lowest BCUT2D eigenvalue weighted by Gasteiger charge is -2.21. The monoisotopic (exact) mass is 138 g/mol. The van der Waals surface area contributed by atoms with Crippen LogP contribution in [0.15, 0.2) is 25.3 Å². The second kappa shape index (κ2) is 3.60. The van der Waals surface area contributed by atoms with Crippen molar-refractivity contribution >= 4 is 0 Å². The second-order valence-corrected chi connectivity index (χ2v) is 3.61. The Bertz CT molecular complexity index is 120. The summed E-state index contributed by atoms with van der Waals surface area (Å²) in [7, 11) is 0. The Morgan fingerprint density at radius 3 is 2.20 bits per heavy atom. The van der Waals surface area contributed by atoms with Crippen molar-refractivity contribution < 1.29 is 0 Å². The summed E-state index contributed by atoms with van der Waals surface area (Å²) in [6, 6.07) is 0. The van der Waals surface area contributed by atoms with Gasteiger partial charge in [0.1, 0.15) is 0 Å². The summed E-state index contributed by atoms with van der Waals surface area (Å²) in [6.07, 6.45) is 5.14. The van der Waals surface area contributed by atoms with Gasteiger partial charge in [0.15, 0.2) is 0 Å². The number of hydrogen-bond acceptors (Lipinski definition) is 0. The average molecular weight is 138 g/mol. The molecule has 0 aliphatic heterocycles. The summed E-state index contributed by atoms with van der Waals surface area (Å²) in [5, 5.41) is 0. The Labute approximate surface area is 64.6 Å². The van der Waals surface area contributed by atoms with Crippen LogP contribution in [0.1, 0.15) is 27.2 Å². The Balaban J connectivity index is 3.86. The van der Waals surface area contributed by atoms with E-state index in [1.807, 2.05) is 12.2 Å². The maximum absolute atomic E-state index is 3.79. The summed E-state index contributed by atoms with van der Waals surface area (Å²) in [5.41, 5.74) is 0.258. The van der Waals surface area contributed by atoms with Crippen LogP contribution < -0.4 is 0 Å². The lowest BCUT2D eigenvalue weighted by molar-refractivity contribution is 0.388. The third-order valence-electron chi connectivity index (χ3n) is 1.80. The van der Waals surface area contributed by atoms with Crippen LogP contribution in [-0.2, 0) is 0 Å². The van der Waals surface area contributed by atoms with Crippen molar-refractivity contribution in [2.45, 2.75) is 27.2 Å². The Hall–Kier alpha value is -0.520. The molecule has 0 aromatic rings. The molecule has 0 rings (SSSR count).